The summed E-state index contributed by atoms with van der Waals surface area (Å²) in [6.07, 6.45) is 3.05. The predicted molar refractivity (Wildman–Crippen MR) is 106 cm³/mol. The van der Waals surface area contributed by atoms with Crippen LogP contribution in [0.1, 0.15) is 40.7 Å². The van der Waals surface area contributed by atoms with Crippen LogP contribution in [-0.4, -0.2) is 43.2 Å². The molecule has 142 valence electrons. The van der Waals surface area contributed by atoms with Gasteiger partial charge in [-0.15, -0.1) is 0 Å². The number of benzene rings is 2. The minimum atomic E-state index is 0.0662. The standard InChI is InChI=1S/C23H27NO3/c1-16-13-20(14-17(2)21(16)26-3)18-5-4-6-19(15-18)22(25)24-10-7-23(8-11-24)9-12-27-23/h4-6,13-15H,7-12H2,1-3H3. The van der Waals surface area contributed by atoms with Gasteiger partial charge >= 0.3 is 0 Å². The van der Waals surface area contributed by atoms with Crippen molar-refractivity contribution >= 4 is 5.91 Å². The highest BCUT2D eigenvalue weighted by atomic mass is 16.5. The lowest BCUT2D eigenvalue weighted by atomic mass is 9.84. The lowest BCUT2D eigenvalue weighted by Crippen LogP contribution is -2.53. The molecule has 1 amide bonds. The molecular weight excluding hydrogens is 338 g/mol. The van der Waals surface area contributed by atoms with Crippen molar-refractivity contribution in [3.63, 3.8) is 0 Å². The van der Waals surface area contributed by atoms with E-state index in [1.165, 1.54) is 0 Å². The molecule has 0 aromatic heterocycles. The van der Waals surface area contributed by atoms with Gasteiger partial charge < -0.3 is 14.4 Å². The molecule has 0 saturated carbocycles. The minimum Gasteiger partial charge on any atom is -0.496 e. The number of aryl methyl sites for hydroxylation is 2. The highest BCUT2D eigenvalue weighted by Gasteiger charge is 2.42. The molecule has 2 heterocycles. The van der Waals surface area contributed by atoms with Crippen molar-refractivity contribution in [2.45, 2.75) is 38.7 Å². The van der Waals surface area contributed by atoms with E-state index in [1.807, 2.05) is 23.1 Å². The van der Waals surface area contributed by atoms with Gasteiger partial charge in [0.25, 0.3) is 5.91 Å². The maximum atomic E-state index is 13.0. The van der Waals surface area contributed by atoms with Crippen molar-refractivity contribution in [1.29, 1.82) is 0 Å². The first kappa shape index (κ1) is 18.1. The van der Waals surface area contributed by atoms with Crippen molar-refractivity contribution in [1.82, 2.24) is 4.90 Å². The second-order valence-corrected chi connectivity index (χ2v) is 7.80. The van der Waals surface area contributed by atoms with Gasteiger partial charge in [0.1, 0.15) is 5.75 Å². The molecule has 0 unspecified atom stereocenters. The Morgan fingerprint density at radius 3 is 2.26 bits per heavy atom. The van der Waals surface area contributed by atoms with E-state index in [4.69, 9.17) is 9.47 Å². The van der Waals surface area contributed by atoms with E-state index >= 15 is 0 Å². The summed E-state index contributed by atoms with van der Waals surface area (Å²) in [6, 6.07) is 12.2. The summed E-state index contributed by atoms with van der Waals surface area (Å²) >= 11 is 0. The van der Waals surface area contributed by atoms with Crippen molar-refractivity contribution in [3.05, 3.63) is 53.1 Å². The molecule has 2 fully saturated rings. The summed E-state index contributed by atoms with van der Waals surface area (Å²) in [4.78, 5) is 15.0. The maximum Gasteiger partial charge on any atom is 0.253 e. The molecule has 0 radical (unpaired) electrons. The third kappa shape index (κ3) is 3.34. The van der Waals surface area contributed by atoms with Crippen LogP contribution in [0.15, 0.2) is 36.4 Å². The number of rotatable bonds is 3. The number of amides is 1. The normalized spacial score (nSPS) is 18.3. The monoisotopic (exact) mass is 365 g/mol. The second-order valence-electron chi connectivity index (χ2n) is 7.80. The quantitative estimate of drug-likeness (QED) is 0.810. The van der Waals surface area contributed by atoms with Crippen LogP contribution in [0.3, 0.4) is 0 Å². The van der Waals surface area contributed by atoms with Crippen LogP contribution < -0.4 is 4.74 Å². The highest BCUT2D eigenvalue weighted by molar-refractivity contribution is 5.95. The van der Waals surface area contributed by atoms with Gasteiger partial charge in [-0.3, -0.25) is 4.79 Å². The van der Waals surface area contributed by atoms with Gasteiger partial charge in [-0.1, -0.05) is 12.1 Å². The van der Waals surface area contributed by atoms with E-state index in [0.29, 0.717) is 0 Å². The summed E-state index contributed by atoms with van der Waals surface area (Å²) in [5.41, 5.74) is 5.20. The van der Waals surface area contributed by atoms with Gasteiger partial charge in [0.2, 0.25) is 0 Å². The zero-order chi connectivity index (χ0) is 19.0. The molecule has 4 nitrogen and oxygen atoms in total. The van der Waals surface area contributed by atoms with E-state index < -0.39 is 0 Å². The van der Waals surface area contributed by atoms with E-state index in [2.05, 4.69) is 32.0 Å². The molecule has 27 heavy (non-hydrogen) atoms. The van der Waals surface area contributed by atoms with E-state index in [9.17, 15) is 4.79 Å². The molecule has 1 spiro atoms. The van der Waals surface area contributed by atoms with Gasteiger partial charge in [0.05, 0.1) is 19.3 Å². The van der Waals surface area contributed by atoms with Crippen LogP contribution >= 0.6 is 0 Å². The number of methoxy groups -OCH3 is 1. The minimum absolute atomic E-state index is 0.0662. The van der Waals surface area contributed by atoms with Crippen LogP contribution in [0.4, 0.5) is 0 Å². The zero-order valence-electron chi connectivity index (χ0n) is 16.4. The Kier molecular flexibility index (Phi) is 4.68. The summed E-state index contributed by atoms with van der Waals surface area (Å²) in [5.74, 6) is 1.04. The molecule has 0 N–H and O–H groups in total. The van der Waals surface area contributed by atoms with Crippen LogP contribution in [0.25, 0.3) is 11.1 Å². The topological polar surface area (TPSA) is 38.8 Å². The molecule has 2 saturated heterocycles. The highest BCUT2D eigenvalue weighted by Crippen LogP contribution is 2.37. The number of hydrogen-bond acceptors (Lipinski definition) is 3. The number of carbonyl (C=O) groups is 1. The smallest absolute Gasteiger partial charge is 0.253 e. The second kappa shape index (κ2) is 7.01. The first-order valence-corrected chi connectivity index (χ1v) is 9.70. The zero-order valence-corrected chi connectivity index (χ0v) is 16.4. The first-order chi connectivity index (χ1) is 13.0. The molecule has 2 aliphatic rings. The fourth-order valence-corrected chi connectivity index (χ4v) is 4.36. The van der Waals surface area contributed by atoms with Gasteiger partial charge in [0, 0.05) is 18.7 Å². The van der Waals surface area contributed by atoms with Crippen LogP contribution in [0.2, 0.25) is 0 Å². The number of hydrogen-bond donors (Lipinski definition) is 0. The molecule has 0 aliphatic carbocycles. The number of likely N-dealkylation sites (tertiary alicyclic amines) is 1. The number of piperidine rings is 1. The Hall–Kier alpha value is -2.33. The first-order valence-electron chi connectivity index (χ1n) is 9.70. The Morgan fingerprint density at radius 1 is 1.04 bits per heavy atom. The molecular formula is C23H27NO3. The molecule has 0 atom stereocenters. The van der Waals surface area contributed by atoms with Crippen LogP contribution in [0.5, 0.6) is 5.75 Å². The Balaban J connectivity index is 1.55. The summed E-state index contributed by atoms with van der Waals surface area (Å²) in [7, 11) is 1.70. The maximum absolute atomic E-state index is 13.0. The van der Waals surface area contributed by atoms with E-state index in [1.54, 1.807) is 7.11 Å². The largest absolute Gasteiger partial charge is 0.496 e. The SMILES string of the molecule is COc1c(C)cc(-c2cccc(C(=O)N3CCC4(CCO4)CC3)c2)cc1C. The van der Waals surface area contributed by atoms with Crippen molar-refractivity contribution in [2.75, 3.05) is 26.8 Å². The third-order valence-corrected chi connectivity index (χ3v) is 6.04. The molecule has 2 aliphatic heterocycles. The van der Waals surface area contributed by atoms with Crippen LogP contribution in [-0.2, 0) is 4.74 Å². The Morgan fingerprint density at radius 2 is 1.70 bits per heavy atom. The van der Waals surface area contributed by atoms with Crippen molar-refractivity contribution in [2.24, 2.45) is 0 Å². The van der Waals surface area contributed by atoms with Crippen molar-refractivity contribution < 1.29 is 14.3 Å². The fourth-order valence-electron chi connectivity index (χ4n) is 4.36. The molecule has 2 aromatic rings. The Labute approximate surface area is 161 Å². The average molecular weight is 365 g/mol. The van der Waals surface area contributed by atoms with Gasteiger partial charge in [-0.2, -0.15) is 0 Å². The lowest BCUT2D eigenvalue weighted by Gasteiger charge is -2.47. The number of ether oxygens (including phenoxy) is 2. The lowest BCUT2D eigenvalue weighted by molar-refractivity contribution is -0.169. The average Bonchev–Trinajstić information content (AvgIpc) is 2.66. The molecule has 2 aromatic carbocycles. The molecule has 0 bridgehead atoms. The summed E-state index contributed by atoms with van der Waals surface area (Å²) in [5, 5.41) is 0. The van der Waals surface area contributed by atoms with E-state index in [-0.39, 0.29) is 11.5 Å². The third-order valence-electron chi connectivity index (χ3n) is 6.04. The fraction of sp³-hybridized carbons (Fsp3) is 0.435. The van der Waals surface area contributed by atoms with Gasteiger partial charge in [-0.25, -0.2) is 0 Å². The predicted octanol–water partition coefficient (Wildman–Crippen LogP) is 4.37. The van der Waals surface area contributed by atoms with Gasteiger partial charge in [-0.05, 0) is 79.6 Å². The molecule has 4 heteroatoms. The number of nitrogens with zero attached hydrogens (tertiary/aromatic N) is 1. The van der Waals surface area contributed by atoms with Gasteiger partial charge in [0.15, 0.2) is 0 Å². The van der Waals surface area contributed by atoms with Crippen molar-refractivity contribution in [3.8, 4) is 16.9 Å². The number of carbonyl (C=O) groups excluding carboxylic acids is 1. The molecule has 4 rings (SSSR count). The van der Waals surface area contributed by atoms with E-state index in [0.717, 1.165) is 72.5 Å². The summed E-state index contributed by atoms with van der Waals surface area (Å²) < 4.78 is 11.2. The Bertz CT molecular complexity index is 837. The summed E-state index contributed by atoms with van der Waals surface area (Å²) in [6.45, 7) is 6.54. The van der Waals surface area contributed by atoms with Crippen LogP contribution in [0, 0.1) is 13.8 Å².